The molecule has 3 heteroatoms. The van der Waals surface area contributed by atoms with Crippen molar-refractivity contribution < 1.29 is 4.39 Å². The third kappa shape index (κ3) is 1.93. The second kappa shape index (κ2) is 4.73. The van der Waals surface area contributed by atoms with E-state index in [1.807, 2.05) is 6.20 Å². The predicted molar refractivity (Wildman–Crippen MR) is 72.0 cm³/mol. The van der Waals surface area contributed by atoms with Gasteiger partial charge in [0.25, 0.3) is 0 Å². The molecule has 0 saturated heterocycles. The Bertz CT molecular complexity index is 540. The molecule has 1 unspecified atom stereocenters. The van der Waals surface area contributed by atoms with Crippen molar-refractivity contribution in [2.45, 2.75) is 31.6 Å². The van der Waals surface area contributed by atoms with Crippen LogP contribution < -0.4 is 5.73 Å². The summed E-state index contributed by atoms with van der Waals surface area (Å²) in [4.78, 5) is 3.23. The minimum Gasteiger partial charge on any atom is -0.361 e. The smallest absolute Gasteiger partial charge is 0.123 e. The van der Waals surface area contributed by atoms with Crippen molar-refractivity contribution in [2.75, 3.05) is 6.54 Å². The molecule has 0 radical (unpaired) electrons. The Hall–Kier alpha value is -1.35. The van der Waals surface area contributed by atoms with Crippen LogP contribution in [-0.2, 0) is 0 Å². The summed E-state index contributed by atoms with van der Waals surface area (Å²) in [5.41, 5.74) is 8.16. The molecule has 1 aromatic carbocycles. The summed E-state index contributed by atoms with van der Waals surface area (Å²) < 4.78 is 13.4. The van der Waals surface area contributed by atoms with Crippen LogP contribution in [0.2, 0.25) is 0 Å². The van der Waals surface area contributed by atoms with E-state index in [0.29, 0.717) is 18.4 Å². The first-order valence-electron chi connectivity index (χ1n) is 6.76. The molecule has 2 aromatic rings. The first-order chi connectivity index (χ1) is 8.79. The lowest BCUT2D eigenvalue weighted by Crippen LogP contribution is -2.19. The van der Waals surface area contributed by atoms with E-state index in [1.54, 1.807) is 12.1 Å². The monoisotopic (exact) mass is 246 g/mol. The maximum atomic E-state index is 13.4. The Morgan fingerprint density at radius 1 is 1.33 bits per heavy atom. The van der Waals surface area contributed by atoms with Crippen LogP contribution in [0.15, 0.2) is 24.4 Å². The van der Waals surface area contributed by atoms with E-state index in [9.17, 15) is 4.39 Å². The Morgan fingerprint density at radius 2 is 2.11 bits per heavy atom. The summed E-state index contributed by atoms with van der Waals surface area (Å²) in [6.07, 6.45) is 7.13. The van der Waals surface area contributed by atoms with E-state index < -0.39 is 0 Å². The molecule has 2 nitrogen and oxygen atoms in total. The molecule has 1 heterocycles. The molecule has 18 heavy (non-hydrogen) atoms. The number of benzene rings is 1. The minimum atomic E-state index is -0.175. The molecule has 3 rings (SSSR count). The highest BCUT2D eigenvalue weighted by Gasteiger charge is 2.27. The second-order valence-corrected chi connectivity index (χ2v) is 5.32. The van der Waals surface area contributed by atoms with Gasteiger partial charge in [-0.1, -0.05) is 12.8 Å². The molecule has 1 aliphatic rings. The van der Waals surface area contributed by atoms with Crippen LogP contribution in [0.1, 0.15) is 37.2 Å². The maximum absolute atomic E-state index is 13.4. The molecule has 0 spiro atoms. The van der Waals surface area contributed by atoms with Crippen molar-refractivity contribution in [1.82, 2.24) is 4.98 Å². The first kappa shape index (κ1) is 11.7. The zero-order valence-electron chi connectivity index (χ0n) is 10.5. The molecule has 1 aliphatic carbocycles. The summed E-state index contributed by atoms with van der Waals surface area (Å²) in [7, 11) is 0. The van der Waals surface area contributed by atoms with Crippen LogP contribution in [0, 0.1) is 11.7 Å². The van der Waals surface area contributed by atoms with Crippen molar-refractivity contribution >= 4 is 10.9 Å². The van der Waals surface area contributed by atoms with E-state index >= 15 is 0 Å². The lowest BCUT2D eigenvalue weighted by atomic mass is 9.85. The van der Waals surface area contributed by atoms with Gasteiger partial charge in [-0.25, -0.2) is 4.39 Å². The van der Waals surface area contributed by atoms with Gasteiger partial charge in [0.05, 0.1) is 0 Å². The fraction of sp³-hybridized carbons (Fsp3) is 0.467. The molecule has 96 valence electrons. The molecule has 1 atom stereocenters. The van der Waals surface area contributed by atoms with Crippen molar-refractivity contribution in [3.05, 3.63) is 35.8 Å². The van der Waals surface area contributed by atoms with Crippen molar-refractivity contribution in [2.24, 2.45) is 11.7 Å². The number of fused-ring (bicyclic) bond motifs is 1. The van der Waals surface area contributed by atoms with Gasteiger partial charge in [0.15, 0.2) is 0 Å². The van der Waals surface area contributed by atoms with E-state index in [4.69, 9.17) is 5.73 Å². The average molecular weight is 246 g/mol. The lowest BCUT2D eigenvalue weighted by molar-refractivity contribution is 0.442. The van der Waals surface area contributed by atoms with Crippen LogP contribution in [0.25, 0.3) is 10.9 Å². The van der Waals surface area contributed by atoms with Gasteiger partial charge >= 0.3 is 0 Å². The zero-order chi connectivity index (χ0) is 12.5. The predicted octanol–water partition coefficient (Wildman–Crippen LogP) is 3.54. The third-order valence-electron chi connectivity index (χ3n) is 4.30. The van der Waals surface area contributed by atoms with Gasteiger partial charge in [-0.3, -0.25) is 0 Å². The average Bonchev–Trinajstić information content (AvgIpc) is 3.01. The number of H-pyrrole nitrogens is 1. The normalized spacial score (nSPS) is 18.6. The maximum Gasteiger partial charge on any atom is 0.123 e. The zero-order valence-corrected chi connectivity index (χ0v) is 10.5. The minimum absolute atomic E-state index is 0.175. The number of rotatable bonds is 3. The SMILES string of the molecule is NCC(c1c[nH]c2ccc(F)cc12)C1CCCC1. The van der Waals surface area contributed by atoms with Gasteiger partial charge in [-0.2, -0.15) is 0 Å². The Kier molecular flexibility index (Phi) is 3.08. The standard InChI is InChI=1S/C15H19FN2/c16-11-5-6-15-12(7-11)14(9-18-15)13(8-17)10-3-1-2-4-10/h5-7,9-10,13,18H,1-4,8,17H2. The number of nitrogens with one attached hydrogen (secondary N) is 1. The number of nitrogens with two attached hydrogens (primary N) is 1. The van der Waals surface area contributed by atoms with E-state index in [0.717, 1.165) is 10.9 Å². The highest BCUT2D eigenvalue weighted by molar-refractivity contribution is 5.83. The number of aromatic amines is 1. The molecule has 0 amide bonds. The molecular weight excluding hydrogens is 227 g/mol. The summed E-state index contributed by atoms with van der Waals surface area (Å²) in [6.45, 7) is 0.647. The molecule has 1 aromatic heterocycles. The van der Waals surface area contributed by atoms with Crippen LogP contribution in [0.4, 0.5) is 4.39 Å². The highest BCUT2D eigenvalue weighted by atomic mass is 19.1. The summed E-state index contributed by atoms with van der Waals surface area (Å²) >= 11 is 0. The Balaban J connectivity index is 2.03. The summed E-state index contributed by atoms with van der Waals surface area (Å²) in [6, 6.07) is 4.92. The third-order valence-corrected chi connectivity index (χ3v) is 4.30. The highest BCUT2D eigenvalue weighted by Crippen LogP contribution is 2.39. The number of aromatic nitrogens is 1. The van der Waals surface area contributed by atoms with Crippen LogP contribution in [0.5, 0.6) is 0 Å². The molecular formula is C15H19FN2. The van der Waals surface area contributed by atoms with Gasteiger partial charge < -0.3 is 10.7 Å². The van der Waals surface area contributed by atoms with Crippen LogP contribution in [0.3, 0.4) is 0 Å². The van der Waals surface area contributed by atoms with E-state index in [2.05, 4.69) is 4.98 Å². The van der Waals surface area contributed by atoms with E-state index in [1.165, 1.54) is 37.3 Å². The Labute approximate surface area is 106 Å². The molecule has 1 fully saturated rings. The van der Waals surface area contributed by atoms with Crippen molar-refractivity contribution in [3.63, 3.8) is 0 Å². The van der Waals surface area contributed by atoms with Crippen molar-refractivity contribution in [1.29, 1.82) is 0 Å². The van der Waals surface area contributed by atoms with Crippen LogP contribution >= 0.6 is 0 Å². The van der Waals surface area contributed by atoms with Gasteiger partial charge in [-0.15, -0.1) is 0 Å². The van der Waals surface area contributed by atoms with Gasteiger partial charge in [0.1, 0.15) is 5.82 Å². The fourth-order valence-corrected chi connectivity index (χ4v) is 3.35. The number of hydrogen-bond acceptors (Lipinski definition) is 1. The summed E-state index contributed by atoms with van der Waals surface area (Å²) in [5.74, 6) is 0.853. The number of halogens is 1. The molecule has 0 bridgehead atoms. The topological polar surface area (TPSA) is 41.8 Å². The quantitative estimate of drug-likeness (QED) is 0.854. The lowest BCUT2D eigenvalue weighted by Gasteiger charge is -2.21. The second-order valence-electron chi connectivity index (χ2n) is 5.32. The molecule has 1 saturated carbocycles. The van der Waals surface area contributed by atoms with Crippen molar-refractivity contribution in [3.8, 4) is 0 Å². The van der Waals surface area contributed by atoms with Gasteiger partial charge in [0, 0.05) is 23.0 Å². The first-order valence-corrected chi connectivity index (χ1v) is 6.76. The Morgan fingerprint density at radius 3 is 2.83 bits per heavy atom. The fourth-order valence-electron chi connectivity index (χ4n) is 3.35. The molecule has 0 aliphatic heterocycles. The number of hydrogen-bond donors (Lipinski definition) is 2. The van der Waals surface area contributed by atoms with Gasteiger partial charge in [0.2, 0.25) is 0 Å². The van der Waals surface area contributed by atoms with E-state index in [-0.39, 0.29) is 5.82 Å². The molecule has 3 N–H and O–H groups in total. The van der Waals surface area contributed by atoms with Gasteiger partial charge in [-0.05, 0) is 49.1 Å². The summed E-state index contributed by atoms with van der Waals surface area (Å²) in [5, 5.41) is 0.998. The largest absolute Gasteiger partial charge is 0.361 e. The van der Waals surface area contributed by atoms with Crippen LogP contribution in [-0.4, -0.2) is 11.5 Å².